The minimum atomic E-state index is -3.66. The molecule has 0 spiro atoms. The SMILES string of the molecule is COc1ccc(N(C(C)C(=O)N2CCN(C=O)CC2)S(C)(=O)=O)cc1. The maximum atomic E-state index is 12.8. The molecular formula is C16H23N3O5S. The molecule has 1 unspecified atom stereocenters. The first kappa shape index (κ1) is 19.0. The molecule has 0 bridgehead atoms. The molecule has 25 heavy (non-hydrogen) atoms. The highest BCUT2D eigenvalue weighted by molar-refractivity contribution is 7.92. The molecule has 1 aromatic rings. The largest absolute Gasteiger partial charge is 0.497 e. The molecule has 0 aromatic heterocycles. The van der Waals surface area contributed by atoms with Crippen molar-refractivity contribution in [2.75, 3.05) is 43.8 Å². The highest BCUT2D eigenvalue weighted by atomic mass is 32.2. The van der Waals surface area contributed by atoms with Crippen LogP contribution in [0.5, 0.6) is 5.75 Å². The van der Waals surface area contributed by atoms with E-state index in [1.54, 1.807) is 41.0 Å². The van der Waals surface area contributed by atoms with E-state index in [2.05, 4.69) is 0 Å². The van der Waals surface area contributed by atoms with Crippen LogP contribution in [0.25, 0.3) is 0 Å². The van der Waals surface area contributed by atoms with E-state index in [0.717, 1.165) is 17.0 Å². The fraction of sp³-hybridized carbons (Fsp3) is 0.500. The van der Waals surface area contributed by atoms with Crippen molar-refractivity contribution in [2.45, 2.75) is 13.0 Å². The summed E-state index contributed by atoms with van der Waals surface area (Å²) in [6.07, 6.45) is 1.83. The van der Waals surface area contributed by atoms with E-state index >= 15 is 0 Å². The molecular weight excluding hydrogens is 346 g/mol. The number of hydrogen-bond donors (Lipinski definition) is 0. The molecule has 1 aromatic carbocycles. The van der Waals surface area contributed by atoms with Crippen LogP contribution in [0.1, 0.15) is 6.92 Å². The molecule has 0 N–H and O–H groups in total. The van der Waals surface area contributed by atoms with Gasteiger partial charge in [-0.15, -0.1) is 0 Å². The third-order valence-corrected chi connectivity index (χ3v) is 5.41. The van der Waals surface area contributed by atoms with Gasteiger partial charge < -0.3 is 14.5 Å². The summed E-state index contributed by atoms with van der Waals surface area (Å²) in [5, 5.41) is 0. The lowest BCUT2D eigenvalue weighted by Crippen LogP contribution is -2.55. The molecule has 0 saturated carbocycles. The van der Waals surface area contributed by atoms with Crippen molar-refractivity contribution in [3.05, 3.63) is 24.3 Å². The molecule has 1 fully saturated rings. The summed E-state index contributed by atoms with van der Waals surface area (Å²) >= 11 is 0. The Balaban J connectivity index is 2.22. The number of piperazine rings is 1. The maximum Gasteiger partial charge on any atom is 0.246 e. The molecule has 138 valence electrons. The number of nitrogens with zero attached hydrogens (tertiary/aromatic N) is 3. The van der Waals surface area contributed by atoms with E-state index in [0.29, 0.717) is 37.6 Å². The zero-order valence-electron chi connectivity index (χ0n) is 14.6. The summed E-state index contributed by atoms with van der Waals surface area (Å²) in [6.45, 7) is 3.25. The number of rotatable bonds is 6. The summed E-state index contributed by atoms with van der Waals surface area (Å²) in [5.41, 5.74) is 0.399. The number of methoxy groups -OCH3 is 1. The van der Waals surface area contributed by atoms with Gasteiger partial charge in [0.1, 0.15) is 11.8 Å². The first-order valence-corrected chi connectivity index (χ1v) is 9.74. The van der Waals surface area contributed by atoms with Gasteiger partial charge in [-0.1, -0.05) is 0 Å². The van der Waals surface area contributed by atoms with Gasteiger partial charge in [0, 0.05) is 26.2 Å². The molecule has 8 nitrogen and oxygen atoms in total. The predicted octanol–water partition coefficient (Wildman–Crippen LogP) is 0.150. The van der Waals surface area contributed by atoms with Crippen molar-refractivity contribution >= 4 is 28.0 Å². The quantitative estimate of drug-likeness (QED) is 0.666. The lowest BCUT2D eigenvalue weighted by Gasteiger charge is -2.36. The van der Waals surface area contributed by atoms with Gasteiger partial charge in [0.05, 0.1) is 19.1 Å². The number of ether oxygens (including phenoxy) is 1. The monoisotopic (exact) mass is 369 g/mol. The third kappa shape index (κ3) is 4.41. The first-order valence-electron chi connectivity index (χ1n) is 7.89. The lowest BCUT2D eigenvalue weighted by atomic mass is 10.2. The summed E-state index contributed by atoms with van der Waals surface area (Å²) in [4.78, 5) is 26.7. The van der Waals surface area contributed by atoms with Crippen LogP contribution in [0, 0.1) is 0 Å². The second-order valence-electron chi connectivity index (χ2n) is 5.90. The summed E-state index contributed by atoms with van der Waals surface area (Å²) in [7, 11) is -2.14. The molecule has 1 heterocycles. The molecule has 1 aliphatic rings. The fourth-order valence-corrected chi connectivity index (χ4v) is 4.01. The van der Waals surface area contributed by atoms with Gasteiger partial charge in [-0.25, -0.2) is 8.42 Å². The predicted molar refractivity (Wildman–Crippen MR) is 94.0 cm³/mol. The average Bonchev–Trinajstić information content (AvgIpc) is 2.60. The van der Waals surface area contributed by atoms with Crippen molar-refractivity contribution < 1.29 is 22.7 Å². The van der Waals surface area contributed by atoms with Gasteiger partial charge in [0.2, 0.25) is 22.3 Å². The normalized spacial score (nSPS) is 16.3. The third-order valence-electron chi connectivity index (χ3n) is 4.17. The number of sulfonamides is 1. The van der Waals surface area contributed by atoms with E-state index in [4.69, 9.17) is 4.74 Å². The standard InChI is InChI=1S/C16H23N3O5S/c1-13(16(21)18-10-8-17(12-20)9-11-18)19(25(3,22)23)14-4-6-15(24-2)7-5-14/h4-7,12-13H,8-11H2,1-3H3. The van der Waals surface area contributed by atoms with Crippen LogP contribution in [-0.2, 0) is 19.6 Å². The van der Waals surface area contributed by atoms with E-state index in [1.165, 1.54) is 7.11 Å². The van der Waals surface area contributed by atoms with Crippen molar-refractivity contribution in [1.29, 1.82) is 0 Å². The van der Waals surface area contributed by atoms with E-state index in [9.17, 15) is 18.0 Å². The summed E-state index contributed by atoms with van der Waals surface area (Å²) in [6, 6.07) is 5.62. The zero-order chi connectivity index (χ0) is 18.6. The number of carbonyl (C=O) groups excluding carboxylic acids is 2. The highest BCUT2D eigenvalue weighted by Crippen LogP contribution is 2.24. The van der Waals surface area contributed by atoms with Crippen LogP contribution in [0.3, 0.4) is 0 Å². The Morgan fingerprint density at radius 3 is 2.20 bits per heavy atom. The summed E-state index contributed by atoms with van der Waals surface area (Å²) < 4.78 is 30.8. The van der Waals surface area contributed by atoms with Gasteiger partial charge in [0.15, 0.2) is 0 Å². The van der Waals surface area contributed by atoms with E-state index in [1.807, 2.05) is 0 Å². The Labute approximate surface area is 148 Å². The van der Waals surface area contributed by atoms with Crippen LogP contribution in [0.15, 0.2) is 24.3 Å². The molecule has 0 radical (unpaired) electrons. The molecule has 0 aliphatic carbocycles. The van der Waals surface area contributed by atoms with Gasteiger partial charge in [-0.2, -0.15) is 0 Å². The smallest absolute Gasteiger partial charge is 0.246 e. The molecule has 9 heteroatoms. The highest BCUT2D eigenvalue weighted by Gasteiger charge is 2.33. The first-order chi connectivity index (χ1) is 11.8. The van der Waals surface area contributed by atoms with E-state index in [-0.39, 0.29) is 5.91 Å². The minimum Gasteiger partial charge on any atom is -0.497 e. The van der Waals surface area contributed by atoms with Crippen LogP contribution in [-0.4, -0.2) is 76.1 Å². The second-order valence-corrected chi connectivity index (χ2v) is 7.76. The Hall–Kier alpha value is -2.29. The van der Waals surface area contributed by atoms with Gasteiger partial charge in [-0.3, -0.25) is 13.9 Å². The number of benzene rings is 1. The van der Waals surface area contributed by atoms with E-state index < -0.39 is 16.1 Å². The van der Waals surface area contributed by atoms with Crippen LogP contribution in [0.2, 0.25) is 0 Å². The fourth-order valence-electron chi connectivity index (χ4n) is 2.84. The molecule has 1 saturated heterocycles. The Bertz CT molecular complexity index is 712. The average molecular weight is 369 g/mol. The maximum absolute atomic E-state index is 12.8. The molecule has 2 rings (SSSR count). The van der Waals surface area contributed by atoms with Crippen molar-refractivity contribution in [2.24, 2.45) is 0 Å². The number of hydrogen-bond acceptors (Lipinski definition) is 5. The van der Waals surface area contributed by atoms with Gasteiger partial charge >= 0.3 is 0 Å². The second kappa shape index (κ2) is 7.73. The number of amides is 2. The minimum absolute atomic E-state index is 0.285. The van der Waals surface area contributed by atoms with Gasteiger partial charge in [0.25, 0.3) is 0 Å². The van der Waals surface area contributed by atoms with Crippen molar-refractivity contribution in [3.63, 3.8) is 0 Å². The van der Waals surface area contributed by atoms with Crippen LogP contribution < -0.4 is 9.04 Å². The Kier molecular flexibility index (Phi) is 5.89. The summed E-state index contributed by atoms with van der Waals surface area (Å²) in [5.74, 6) is 0.313. The van der Waals surface area contributed by atoms with Gasteiger partial charge in [-0.05, 0) is 31.2 Å². The topological polar surface area (TPSA) is 87.2 Å². The Morgan fingerprint density at radius 1 is 1.20 bits per heavy atom. The van der Waals surface area contributed by atoms with Crippen LogP contribution >= 0.6 is 0 Å². The Morgan fingerprint density at radius 2 is 1.76 bits per heavy atom. The van der Waals surface area contributed by atoms with Crippen molar-refractivity contribution in [1.82, 2.24) is 9.80 Å². The van der Waals surface area contributed by atoms with Crippen LogP contribution in [0.4, 0.5) is 5.69 Å². The van der Waals surface area contributed by atoms with Crippen molar-refractivity contribution in [3.8, 4) is 5.75 Å². The number of carbonyl (C=O) groups is 2. The number of anilines is 1. The molecule has 2 amide bonds. The lowest BCUT2D eigenvalue weighted by molar-refractivity contribution is -0.135. The molecule has 1 atom stereocenters. The zero-order valence-corrected chi connectivity index (χ0v) is 15.4. The molecule has 1 aliphatic heterocycles.